The zero-order chi connectivity index (χ0) is 8.77. The first kappa shape index (κ1) is 8.38. The van der Waals surface area contributed by atoms with Crippen LogP contribution in [-0.2, 0) is 4.79 Å². The summed E-state index contributed by atoms with van der Waals surface area (Å²) in [4.78, 5) is 11.1. The summed E-state index contributed by atoms with van der Waals surface area (Å²) in [6.07, 6.45) is 3.47. The Hall–Kier alpha value is -0.220. The van der Waals surface area contributed by atoms with Crippen molar-refractivity contribution in [2.24, 2.45) is 17.4 Å². The molecule has 1 aliphatic carbocycles. The van der Waals surface area contributed by atoms with Crippen LogP contribution in [0.5, 0.6) is 0 Å². The van der Waals surface area contributed by atoms with E-state index >= 15 is 0 Å². The van der Waals surface area contributed by atoms with E-state index in [2.05, 4.69) is 0 Å². The van der Waals surface area contributed by atoms with Crippen molar-refractivity contribution in [2.45, 2.75) is 30.1 Å². The third-order valence-corrected chi connectivity index (χ3v) is 4.85. The monoisotopic (exact) mass is 186 g/mol. The summed E-state index contributed by atoms with van der Waals surface area (Å²) < 4.78 is 0.144. The molecule has 1 aliphatic heterocycles. The highest BCUT2D eigenvalue weighted by Crippen LogP contribution is 2.54. The van der Waals surface area contributed by atoms with Crippen LogP contribution in [0.15, 0.2) is 0 Å². The third-order valence-electron chi connectivity index (χ3n) is 3.06. The average Bonchev–Trinajstić information content (AvgIpc) is 2.25. The van der Waals surface area contributed by atoms with Crippen LogP contribution in [0.3, 0.4) is 0 Å². The average molecular weight is 186 g/mol. The lowest BCUT2D eigenvalue weighted by molar-refractivity contribution is -0.123. The molecule has 68 valence electrons. The van der Waals surface area contributed by atoms with Crippen LogP contribution in [0.4, 0.5) is 0 Å². The van der Waals surface area contributed by atoms with E-state index in [-0.39, 0.29) is 22.6 Å². The lowest BCUT2D eigenvalue weighted by atomic mass is 9.72. The lowest BCUT2D eigenvalue weighted by Crippen LogP contribution is -2.50. The number of amides is 1. The van der Waals surface area contributed by atoms with Crippen LogP contribution in [0.1, 0.15) is 19.3 Å². The molecule has 2 atom stereocenters. The van der Waals surface area contributed by atoms with Gasteiger partial charge in [0.2, 0.25) is 5.91 Å². The Labute approximate surface area is 76.2 Å². The van der Waals surface area contributed by atoms with Gasteiger partial charge in [0, 0.05) is 16.5 Å². The van der Waals surface area contributed by atoms with Crippen molar-refractivity contribution in [3.8, 4) is 0 Å². The maximum atomic E-state index is 11.1. The highest BCUT2D eigenvalue weighted by molar-refractivity contribution is 8.01. The van der Waals surface area contributed by atoms with Crippen molar-refractivity contribution in [3.05, 3.63) is 0 Å². The maximum Gasteiger partial charge on any atom is 0.223 e. The Morgan fingerprint density at radius 2 is 2.17 bits per heavy atom. The second kappa shape index (κ2) is 2.64. The Balaban J connectivity index is 2.19. The molecule has 1 amide bonds. The van der Waals surface area contributed by atoms with Gasteiger partial charge in [0.25, 0.3) is 0 Å². The molecule has 0 radical (unpaired) electrons. The van der Waals surface area contributed by atoms with Crippen molar-refractivity contribution >= 4 is 17.7 Å². The second-order valence-corrected chi connectivity index (χ2v) is 5.21. The maximum absolute atomic E-state index is 11.1. The standard InChI is InChI=1S/C8H14N2OS/c9-5-4-12-8(2-1-3-8)6(5)7(10)11/h5-6H,1-4,9H2,(H2,10,11). The van der Waals surface area contributed by atoms with Crippen LogP contribution in [-0.4, -0.2) is 22.4 Å². The van der Waals surface area contributed by atoms with Gasteiger partial charge in [-0.3, -0.25) is 4.79 Å². The molecule has 1 heterocycles. The first-order chi connectivity index (χ1) is 5.66. The second-order valence-electron chi connectivity index (χ2n) is 3.77. The van der Waals surface area contributed by atoms with Crippen LogP contribution in [0.25, 0.3) is 0 Å². The fraction of sp³-hybridized carbons (Fsp3) is 0.875. The minimum atomic E-state index is -0.202. The molecule has 1 saturated heterocycles. The highest BCUT2D eigenvalue weighted by atomic mass is 32.2. The summed E-state index contributed by atoms with van der Waals surface area (Å²) >= 11 is 1.85. The fourth-order valence-corrected chi connectivity index (χ4v) is 4.05. The van der Waals surface area contributed by atoms with Gasteiger partial charge < -0.3 is 11.5 Å². The van der Waals surface area contributed by atoms with E-state index in [9.17, 15) is 4.79 Å². The number of rotatable bonds is 1. The first-order valence-electron chi connectivity index (χ1n) is 4.34. The third kappa shape index (κ3) is 0.977. The predicted octanol–water partition coefficient (Wildman–Crippen LogP) is 0.0847. The van der Waals surface area contributed by atoms with Gasteiger partial charge in [-0.15, -0.1) is 0 Å². The number of primary amides is 1. The number of carbonyl (C=O) groups excluding carboxylic acids is 1. The Kier molecular flexibility index (Phi) is 1.84. The quantitative estimate of drug-likeness (QED) is 0.609. The molecule has 1 saturated carbocycles. The van der Waals surface area contributed by atoms with Crippen molar-refractivity contribution < 1.29 is 4.79 Å². The number of nitrogens with two attached hydrogens (primary N) is 2. The molecule has 4 N–H and O–H groups in total. The van der Waals surface area contributed by atoms with Crippen LogP contribution < -0.4 is 11.5 Å². The van der Waals surface area contributed by atoms with Gasteiger partial charge in [0.1, 0.15) is 0 Å². The molecule has 4 heteroatoms. The molecule has 2 unspecified atom stereocenters. The van der Waals surface area contributed by atoms with Gasteiger partial charge in [0.05, 0.1) is 5.92 Å². The normalized spacial score (nSPS) is 38.1. The Bertz CT molecular complexity index is 215. The molecule has 0 aromatic heterocycles. The van der Waals surface area contributed by atoms with E-state index in [0.29, 0.717) is 0 Å². The van der Waals surface area contributed by atoms with Gasteiger partial charge in [-0.05, 0) is 12.8 Å². The molecule has 12 heavy (non-hydrogen) atoms. The van der Waals surface area contributed by atoms with Crippen molar-refractivity contribution in [3.63, 3.8) is 0 Å². The topological polar surface area (TPSA) is 69.1 Å². The van der Waals surface area contributed by atoms with Gasteiger partial charge >= 0.3 is 0 Å². The minimum absolute atomic E-state index is 0.00667. The molecule has 2 aliphatic rings. The number of thioether (sulfide) groups is 1. The summed E-state index contributed by atoms with van der Waals surface area (Å²) in [5.74, 6) is 0.622. The summed E-state index contributed by atoms with van der Waals surface area (Å²) in [7, 11) is 0. The highest BCUT2D eigenvalue weighted by Gasteiger charge is 2.54. The van der Waals surface area contributed by atoms with Gasteiger partial charge in [0.15, 0.2) is 0 Å². The molecule has 2 fully saturated rings. The van der Waals surface area contributed by atoms with Crippen molar-refractivity contribution in [1.29, 1.82) is 0 Å². The lowest BCUT2D eigenvalue weighted by Gasteiger charge is -2.41. The van der Waals surface area contributed by atoms with E-state index < -0.39 is 0 Å². The van der Waals surface area contributed by atoms with Gasteiger partial charge in [-0.25, -0.2) is 0 Å². The minimum Gasteiger partial charge on any atom is -0.369 e. The molecule has 3 nitrogen and oxygen atoms in total. The molecule has 0 aromatic carbocycles. The zero-order valence-electron chi connectivity index (χ0n) is 6.95. The van der Waals surface area contributed by atoms with E-state index in [1.807, 2.05) is 11.8 Å². The molecule has 1 spiro atoms. The van der Waals surface area contributed by atoms with E-state index in [0.717, 1.165) is 18.6 Å². The van der Waals surface area contributed by atoms with Crippen LogP contribution >= 0.6 is 11.8 Å². The van der Waals surface area contributed by atoms with Gasteiger partial charge in [-0.2, -0.15) is 11.8 Å². The number of hydrogen-bond donors (Lipinski definition) is 2. The summed E-state index contributed by atoms with van der Waals surface area (Å²) in [6.45, 7) is 0. The Morgan fingerprint density at radius 1 is 1.50 bits per heavy atom. The van der Waals surface area contributed by atoms with Gasteiger partial charge in [-0.1, -0.05) is 6.42 Å². The predicted molar refractivity (Wildman–Crippen MR) is 49.7 cm³/mol. The molecule has 0 bridgehead atoms. The van der Waals surface area contributed by atoms with Crippen LogP contribution in [0.2, 0.25) is 0 Å². The van der Waals surface area contributed by atoms with E-state index in [4.69, 9.17) is 11.5 Å². The summed E-state index contributed by atoms with van der Waals surface area (Å²) in [6, 6.07) is -0.00667. The summed E-state index contributed by atoms with van der Waals surface area (Å²) in [5.41, 5.74) is 11.2. The molecular formula is C8H14N2OS. The number of carbonyl (C=O) groups is 1. The SMILES string of the molecule is NC(=O)C1C(N)CSC12CCC2. The smallest absolute Gasteiger partial charge is 0.223 e. The van der Waals surface area contributed by atoms with Crippen LogP contribution in [0, 0.1) is 5.92 Å². The summed E-state index contributed by atoms with van der Waals surface area (Å²) in [5, 5.41) is 0. The number of hydrogen-bond acceptors (Lipinski definition) is 3. The van der Waals surface area contributed by atoms with Crippen molar-refractivity contribution in [1.82, 2.24) is 0 Å². The van der Waals surface area contributed by atoms with E-state index in [1.165, 1.54) is 6.42 Å². The zero-order valence-corrected chi connectivity index (χ0v) is 7.77. The Morgan fingerprint density at radius 3 is 2.50 bits per heavy atom. The molecular weight excluding hydrogens is 172 g/mol. The first-order valence-corrected chi connectivity index (χ1v) is 5.33. The molecule has 0 aromatic rings. The molecule has 2 rings (SSSR count). The fourth-order valence-electron chi connectivity index (χ4n) is 2.29. The largest absolute Gasteiger partial charge is 0.369 e. The van der Waals surface area contributed by atoms with Crippen molar-refractivity contribution in [2.75, 3.05) is 5.75 Å². The van der Waals surface area contributed by atoms with E-state index in [1.54, 1.807) is 0 Å².